The molecule has 0 radical (unpaired) electrons. The second kappa shape index (κ2) is 54.8. The minimum Gasteiger partial charge on any atom is -0.508 e. The molecule has 2 saturated carbocycles. The first-order chi connectivity index (χ1) is 51.3. The number of hydrogen-bond acceptors (Lipinski definition) is 16. The summed E-state index contributed by atoms with van der Waals surface area (Å²) in [5, 5.41) is 61.0. The standard InChI is InChI=1S/C64H95N5O18.C19H38O2.2H2/c1-7-9-13-43(36-55(76)64(5,6)69-60(81)52(67-39(4)71)32-40-19-25-47(72)26-20-40)54(75)34-44(59(80)50-16-12-15-49(50)38(3)70)14-10-11-31-65-57(78)29-23-45(61(82)83)33-48(73)27-28-51(63(86)87)68-58(79)30-24-46(62(84)85)35-53(74)42-21-17-41(18-22-42)37-66-56(77)8-2;1-2-3-4-5-6-7-8-9-10-11-12-13-14-15-16-17-18-19(20)21;;/h19-20,25-26,41-46,49-52,72H,7-18,21-24,27-37H2,1-6H3,(H,65,78)(H,66,77)(H,67,71)(H,68,79)(H,69,81)(H,82,83)(H,84,85)(H,86,87);2-18H2,1H3,(H,20,21);2*1H/t41?,42?,43-,44-,45-,46-,49+,50?,51+,52-;;;/m1.../s1. The molecule has 614 valence electrons. The van der Waals surface area contributed by atoms with E-state index in [0.717, 1.165) is 12.8 Å². The van der Waals surface area contributed by atoms with Gasteiger partial charge in [0.1, 0.15) is 46.7 Å². The minimum absolute atomic E-state index is 0. The number of benzene rings is 1. The molecule has 0 bridgehead atoms. The molecule has 5 amide bonds. The Balaban J connectivity index is 0.00000446. The third-order valence-electron chi connectivity index (χ3n) is 21.4. The van der Waals surface area contributed by atoms with E-state index in [1.54, 1.807) is 19.1 Å². The molecular formula is C83H137N5O20. The zero-order valence-corrected chi connectivity index (χ0v) is 66.1. The van der Waals surface area contributed by atoms with Gasteiger partial charge in [-0.3, -0.25) is 67.1 Å². The van der Waals surface area contributed by atoms with Crippen LogP contribution in [0.2, 0.25) is 0 Å². The summed E-state index contributed by atoms with van der Waals surface area (Å²) in [5.41, 5.74) is -0.830. The van der Waals surface area contributed by atoms with E-state index in [2.05, 4.69) is 33.5 Å². The van der Waals surface area contributed by atoms with Crippen LogP contribution >= 0.6 is 0 Å². The van der Waals surface area contributed by atoms with Gasteiger partial charge in [-0.15, -0.1) is 0 Å². The van der Waals surface area contributed by atoms with E-state index < -0.39 is 138 Å². The fourth-order valence-electron chi connectivity index (χ4n) is 14.5. The summed E-state index contributed by atoms with van der Waals surface area (Å²) in [5.74, 6) is -14.4. The number of rotatable bonds is 60. The van der Waals surface area contributed by atoms with Gasteiger partial charge >= 0.3 is 23.9 Å². The van der Waals surface area contributed by atoms with Crippen LogP contribution in [-0.2, 0) is 78.3 Å². The van der Waals surface area contributed by atoms with Crippen LogP contribution in [0.1, 0.15) is 320 Å². The fourth-order valence-corrected chi connectivity index (χ4v) is 14.5. The average molecular weight is 1530 g/mol. The third-order valence-corrected chi connectivity index (χ3v) is 21.4. The molecule has 0 spiro atoms. The Bertz CT molecular complexity index is 3010. The molecule has 1 aromatic rings. The SMILES string of the molecule is CCCCCCCCCCCCCCCCCCC(=O)O.CCCC[C@H](CC(=O)C(C)(C)NC(=O)[C@@H](Cc1ccc(O)cc1)NC(C)=O)C(=O)C[C@@H](CCCCNC(=O)CC[C@H](CC(=O)CC[C@H](NC(=O)CC[C@H](CC(=O)C1CCC(CNC(=O)CC)CC1)C(=O)O)C(=O)O)C(=O)O)C(=O)C1CCC[C@H]1C(C)=O.[HH].[HH]. The number of amides is 5. The van der Waals surface area contributed by atoms with Crippen molar-refractivity contribution in [3.8, 4) is 5.75 Å². The van der Waals surface area contributed by atoms with Crippen molar-refractivity contribution in [2.24, 2.45) is 47.3 Å². The summed E-state index contributed by atoms with van der Waals surface area (Å²) in [6.45, 7) is 12.3. The molecule has 0 aromatic heterocycles. The Morgan fingerprint density at radius 3 is 1.56 bits per heavy atom. The van der Waals surface area contributed by atoms with E-state index in [1.165, 1.54) is 130 Å². The van der Waals surface area contributed by atoms with Crippen molar-refractivity contribution >= 4 is 88.1 Å². The number of carbonyl (C=O) groups is 15. The van der Waals surface area contributed by atoms with Crippen molar-refractivity contribution in [2.75, 3.05) is 13.1 Å². The lowest BCUT2D eigenvalue weighted by Gasteiger charge is -2.30. The van der Waals surface area contributed by atoms with Gasteiger partial charge in [0.05, 0.1) is 17.4 Å². The number of ketones is 6. The first kappa shape index (κ1) is 96.3. The number of hydrogen-bond donors (Lipinski definition) is 10. The van der Waals surface area contributed by atoms with Gasteiger partial charge in [-0.05, 0) is 128 Å². The Morgan fingerprint density at radius 2 is 1.03 bits per heavy atom. The second-order valence-corrected chi connectivity index (χ2v) is 31.0. The number of carbonyl (C=O) groups excluding carboxylic acids is 11. The van der Waals surface area contributed by atoms with Crippen molar-refractivity contribution in [2.45, 2.75) is 336 Å². The first-order valence-electron chi connectivity index (χ1n) is 40.6. The predicted molar refractivity (Wildman–Crippen MR) is 414 cm³/mol. The van der Waals surface area contributed by atoms with Crippen LogP contribution < -0.4 is 26.6 Å². The van der Waals surface area contributed by atoms with E-state index in [4.69, 9.17) is 5.11 Å². The molecule has 108 heavy (non-hydrogen) atoms. The molecule has 2 aliphatic rings. The van der Waals surface area contributed by atoms with Crippen LogP contribution in [0, 0.1) is 47.3 Å². The molecule has 3 rings (SSSR count). The highest BCUT2D eigenvalue weighted by Crippen LogP contribution is 2.38. The summed E-state index contributed by atoms with van der Waals surface area (Å²) in [6, 6.07) is 3.48. The molecule has 2 fully saturated rings. The Hall–Kier alpha value is -7.73. The summed E-state index contributed by atoms with van der Waals surface area (Å²) in [6.07, 6.45) is 25.7. The maximum Gasteiger partial charge on any atom is 0.326 e. The normalized spacial score (nSPS) is 17.2. The number of nitrogens with one attached hydrogen (secondary N) is 5. The minimum atomic E-state index is -1.56. The van der Waals surface area contributed by atoms with Gasteiger partial charge in [0.15, 0.2) is 5.78 Å². The quantitative estimate of drug-likeness (QED) is 0.0271. The summed E-state index contributed by atoms with van der Waals surface area (Å²) >= 11 is 0. The molecule has 0 aliphatic heterocycles. The molecule has 10 N–H and O–H groups in total. The van der Waals surface area contributed by atoms with Gasteiger partial charge < -0.3 is 52.1 Å². The Morgan fingerprint density at radius 1 is 0.491 bits per heavy atom. The van der Waals surface area contributed by atoms with E-state index >= 15 is 0 Å². The van der Waals surface area contributed by atoms with Crippen molar-refractivity contribution in [1.29, 1.82) is 0 Å². The summed E-state index contributed by atoms with van der Waals surface area (Å²) in [7, 11) is 0. The number of phenols is 1. The topological polar surface area (TPSA) is 417 Å². The van der Waals surface area contributed by atoms with E-state index in [1.807, 2.05) is 6.92 Å². The fraction of sp³-hybridized carbons (Fsp3) is 0.747. The van der Waals surface area contributed by atoms with Gasteiger partial charge in [0.25, 0.3) is 0 Å². The van der Waals surface area contributed by atoms with E-state index in [9.17, 15) is 92.3 Å². The molecule has 8 atom stereocenters. The zero-order valence-electron chi connectivity index (χ0n) is 66.1. The van der Waals surface area contributed by atoms with Crippen molar-refractivity contribution in [3.63, 3.8) is 0 Å². The lowest BCUT2D eigenvalue weighted by molar-refractivity contribution is -0.145. The monoisotopic (exact) mass is 1520 g/mol. The van der Waals surface area contributed by atoms with Crippen LogP contribution in [0.3, 0.4) is 0 Å². The van der Waals surface area contributed by atoms with Crippen LogP contribution in [0.25, 0.3) is 0 Å². The Labute approximate surface area is 644 Å². The number of carboxylic acids is 4. The first-order valence-corrected chi connectivity index (χ1v) is 40.6. The van der Waals surface area contributed by atoms with Crippen molar-refractivity contribution < 1.29 is 100 Å². The lowest BCUT2D eigenvalue weighted by atomic mass is 9.77. The van der Waals surface area contributed by atoms with Crippen LogP contribution in [0.4, 0.5) is 0 Å². The number of carboxylic acid groups (broad SMARTS) is 4. The van der Waals surface area contributed by atoms with Crippen molar-refractivity contribution in [1.82, 2.24) is 26.6 Å². The highest BCUT2D eigenvalue weighted by atomic mass is 16.4. The molecule has 1 unspecified atom stereocenters. The van der Waals surface area contributed by atoms with Gasteiger partial charge in [-0.1, -0.05) is 155 Å². The third kappa shape index (κ3) is 41.7. The molecular weight excluding hydrogens is 1390 g/mol. The number of aliphatic carboxylic acids is 4. The maximum atomic E-state index is 14.3. The van der Waals surface area contributed by atoms with E-state index in [-0.39, 0.29) is 107 Å². The second-order valence-electron chi connectivity index (χ2n) is 31.0. The number of aromatic hydroxyl groups is 1. The molecule has 0 heterocycles. The number of unbranched alkanes of at least 4 members (excludes halogenated alkanes) is 17. The van der Waals surface area contributed by atoms with Crippen LogP contribution in [0.15, 0.2) is 24.3 Å². The maximum absolute atomic E-state index is 14.3. The smallest absolute Gasteiger partial charge is 0.326 e. The van der Waals surface area contributed by atoms with Gasteiger partial charge in [-0.2, -0.15) is 0 Å². The zero-order chi connectivity index (χ0) is 80.6. The predicted octanol–water partition coefficient (Wildman–Crippen LogP) is 13.3. The molecule has 2 aliphatic carbocycles. The van der Waals surface area contributed by atoms with Gasteiger partial charge in [-0.25, -0.2) is 4.79 Å². The molecule has 1 aromatic carbocycles. The number of phenolic OH excluding ortho intramolecular Hbond substituents is 1. The molecule has 0 saturated heterocycles. The lowest BCUT2D eigenvalue weighted by Crippen LogP contribution is -2.57. The molecule has 25 nitrogen and oxygen atoms in total. The van der Waals surface area contributed by atoms with Gasteiger partial charge in [0.2, 0.25) is 29.5 Å². The highest BCUT2D eigenvalue weighted by molar-refractivity contribution is 5.99. The summed E-state index contributed by atoms with van der Waals surface area (Å²) < 4.78 is 0. The molecule has 25 heteroatoms. The number of Topliss-reactive ketones (excluding diaryl/α,β-unsaturated/α-hetero) is 6. The Kier molecular flexibility index (Phi) is 48.9. The largest absolute Gasteiger partial charge is 0.508 e. The van der Waals surface area contributed by atoms with Crippen LogP contribution in [0.5, 0.6) is 5.75 Å². The summed E-state index contributed by atoms with van der Waals surface area (Å²) in [4.78, 5) is 191. The van der Waals surface area contributed by atoms with Crippen molar-refractivity contribution in [3.05, 3.63) is 29.8 Å². The van der Waals surface area contributed by atoms with Gasteiger partial charge in [0, 0.05) is 117 Å². The highest BCUT2D eigenvalue weighted by Gasteiger charge is 2.41. The van der Waals surface area contributed by atoms with E-state index in [0.29, 0.717) is 102 Å². The van der Waals surface area contributed by atoms with Crippen LogP contribution in [-0.4, -0.2) is 144 Å². The average Bonchev–Trinajstić information content (AvgIpc) is 1.46.